The molecule has 1 N–H and O–H groups in total. The van der Waals surface area contributed by atoms with Crippen LogP contribution in [0.3, 0.4) is 0 Å². The first-order valence-corrected chi connectivity index (χ1v) is 6.71. The highest BCUT2D eigenvalue weighted by Gasteiger charge is 2.28. The first-order chi connectivity index (χ1) is 8.09. The summed E-state index contributed by atoms with van der Waals surface area (Å²) in [6.45, 7) is 0. The van der Waals surface area contributed by atoms with Crippen molar-refractivity contribution in [3.63, 3.8) is 0 Å². The normalized spacial score (nSPS) is 19.3. The van der Waals surface area contributed by atoms with Crippen LogP contribution in [-0.2, 0) is 0 Å². The molecule has 2 rings (SSSR count). The molecule has 0 spiro atoms. The van der Waals surface area contributed by atoms with Gasteiger partial charge in [-0.25, -0.2) is 8.78 Å². The number of hydrogen-bond acceptors (Lipinski definition) is 1. The monoisotopic (exact) mass is 304 g/mol. The van der Waals surface area contributed by atoms with Crippen molar-refractivity contribution in [3.05, 3.63) is 33.8 Å². The Morgan fingerprint density at radius 3 is 2.18 bits per heavy atom. The van der Waals surface area contributed by atoms with Gasteiger partial charge in [-0.15, -0.1) is 0 Å². The van der Waals surface area contributed by atoms with Gasteiger partial charge in [-0.2, -0.15) is 0 Å². The number of rotatable bonds is 2. The Balaban J connectivity index is 2.26. The van der Waals surface area contributed by atoms with E-state index < -0.39 is 17.7 Å². The van der Waals surface area contributed by atoms with Gasteiger partial charge in [0.15, 0.2) is 0 Å². The summed E-state index contributed by atoms with van der Waals surface area (Å²) in [5.74, 6) is -1.36. The van der Waals surface area contributed by atoms with Gasteiger partial charge in [-0.05, 0) is 30.9 Å². The molecule has 1 aromatic carbocycles. The molecule has 1 unspecified atom stereocenters. The largest absolute Gasteiger partial charge is 0.388 e. The van der Waals surface area contributed by atoms with Crippen molar-refractivity contribution >= 4 is 15.9 Å². The second-order valence-corrected chi connectivity index (χ2v) is 5.54. The highest BCUT2D eigenvalue weighted by atomic mass is 79.9. The molecule has 1 aliphatic carbocycles. The van der Waals surface area contributed by atoms with Crippen molar-refractivity contribution < 1.29 is 13.9 Å². The van der Waals surface area contributed by atoms with Crippen LogP contribution in [0.1, 0.15) is 43.8 Å². The molecule has 1 fully saturated rings. The zero-order valence-electron chi connectivity index (χ0n) is 9.43. The quantitative estimate of drug-likeness (QED) is 0.861. The third kappa shape index (κ3) is 2.86. The Kier molecular flexibility index (Phi) is 4.15. The predicted octanol–water partition coefficient (Wildman–Crippen LogP) is 4.34. The topological polar surface area (TPSA) is 20.2 Å². The van der Waals surface area contributed by atoms with Gasteiger partial charge in [0.1, 0.15) is 11.6 Å². The Morgan fingerprint density at radius 2 is 1.65 bits per heavy atom. The maximum absolute atomic E-state index is 13.7. The van der Waals surface area contributed by atoms with E-state index in [1.165, 1.54) is 12.1 Å². The van der Waals surface area contributed by atoms with Crippen LogP contribution in [0.25, 0.3) is 0 Å². The van der Waals surface area contributed by atoms with E-state index in [0.29, 0.717) is 4.47 Å². The average molecular weight is 305 g/mol. The fourth-order valence-electron chi connectivity index (χ4n) is 2.52. The molecule has 0 aromatic heterocycles. The van der Waals surface area contributed by atoms with E-state index >= 15 is 0 Å². The van der Waals surface area contributed by atoms with Crippen LogP contribution in [0.4, 0.5) is 8.78 Å². The fraction of sp³-hybridized carbons (Fsp3) is 0.538. The maximum Gasteiger partial charge on any atom is 0.133 e. The van der Waals surface area contributed by atoms with Crippen molar-refractivity contribution in [2.75, 3.05) is 0 Å². The number of aliphatic hydroxyl groups is 1. The lowest BCUT2D eigenvalue weighted by atomic mass is 9.82. The molecule has 1 aromatic rings. The second-order valence-electron chi connectivity index (χ2n) is 4.63. The third-order valence-corrected chi connectivity index (χ3v) is 3.89. The number of aliphatic hydroxyl groups excluding tert-OH is 1. The zero-order chi connectivity index (χ0) is 12.4. The number of benzene rings is 1. The third-order valence-electron chi connectivity index (χ3n) is 3.44. The molecule has 4 heteroatoms. The standard InChI is InChI=1S/C13H15BrF2O/c14-9-6-10(15)12(11(16)7-9)13(17)8-4-2-1-3-5-8/h6-8,13,17H,1-5H2. The number of hydrogen-bond donors (Lipinski definition) is 1. The highest BCUT2D eigenvalue weighted by molar-refractivity contribution is 9.10. The molecule has 0 amide bonds. The van der Waals surface area contributed by atoms with Gasteiger partial charge in [0.25, 0.3) is 0 Å². The Morgan fingerprint density at radius 1 is 1.12 bits per heavy atom. The van der Waals surface area contributed by atoms with Crippen LogP contribution in [0.15, 0.2) is 16.6 Å². The van der Waals surface area contributed by atoms with Crippen LogP contribution < -0.4 is 0 Å². The minimum absolute atomic E-state index is 0.0195. The molecule has 0 aliphatic heterocycles. The van der Waals surface area contributed by atoms with E-state index in [1.54, 1.807) is 0 Å². The van der Waals surface area contributed by atoms with Crippen molar-refractivity contribution in [2.24, 2.45) is 5.92 Å². The van der Waals surface area contributed by atoms with Gasteiger partial charge in [-0.1, -0.05) is 35.2 Å². The Hall–Kier alpha value is -0.480. The molecule has 0 bridgehead atoms. The summed E-state index contributed by atoms with van der Waals surface area (Å²) in [7, 11) is 0. The molecule has 1 nitrogen and oxygen atoms in total. The molecular weight excluding hydrogens is 290 g/mol. The first-order valence-electron chi connectivity index (χ1n) is 5.92. The van der Waals surface area contributed by atoms with E-state index in [4.69, 9.17) is 0 Å². The van der Waals surface area contributed by atoms with Crippen LogP contribution in [0.2, 0.25) is 0 Å². The lowest BCUT2D eigenvalue weighted by Gasteiger charge is -2.27. The fourth-order valence-corrected chi connectivity index (χ4v) is 2.92. The van der Waals surface area contributed by atoms with Gasteiger partial charge in [0.2, 0.25) is 0 Å². The van der Waals surface area contributed by atoms with Crippen molar-refractivity contribution in [1.29, 1.82) is 0 Å². The molecular formula is C13H15BrF2O. The molecule has 0 heterocycles. The summed E-state index contributed by atoms with van der Waals surface area (Å²) in [5, 5.41) is 10.1. The first kappa shape index (κ1) is 13.0. The molecule has 1 saturated carbocycles. The minimum atomic E-state index is -1.02. The average Bonchev–Trinajstić information content (AvgIpc) is 2.28. The molecule has 1 atom stereocenters. The maximum atomic E-state index is 13.7. The summed E-state index contributed by atoms with van der Waals surface area (Å²) in [6, 6.07) is 2.40. The summed E-state index contributed by atoms with van der Waals surface area (Å²) in [6.07, 6.45) is 3.87. The van der Waals surface area contributed by atoms with Gasteiger partial charge in [-0.3, -0.25) is 0 Å². The smallest absolute Gasteiger partial charge is 0.133 e. The number of halogens is 3. The molecule has 17 heavy (non-hydrogen) atoms. The zero-order valence-corrected chi connectivity index (χ0v) is 11.0. The van der Waals surface area contributed by atoms with E-state index in [9.17, 15) is 13.9 Å². The van der Waals surface area contributed by atoms with Crippen molar-refractivity contribution in [2.45, 2.75) is 38.2 Å². The van der Waals surface area contributed by atoms with Crippen LogP contribution in [-0.4, -0.2) is 5.11 Å². The Labute approximate surface area is 108 Å². The molecule has 0 radical (unpaired) electrons. The molecule has 0 saturated heterocycles. The van der Waals surface area contributed by atoms with E-state index in [1.807, 2.05) is 0 Å². The lowest BCUT2D eigenvalue weighted by Crippen LogP contribution is -2.18. The predicted molar refractivity (Wildman–Crippen MR) is 65.6 cm³/mol. The summed E-state index contributed by atoms with van der Waals surface area (Å²) in [4.78, 5) is 0. The van der Waals surface area contributed by atoms with Gasteiger partial charge in [0, 0.05) is 4.47 Å². The second kappa shape index (κ2) is 5.44. The SMILES string of the molecule is OC(c1c(F)cc(Br)cc1F)C1CCCCC1. The highest BCUT2D eigenvalue weighted by Crippen LogP contribution is 2.37. The minimum Gasteiger partial charge on any atom is -0.388 e. The molecule has 94 valence electrons. The summed E-state index contributed by atoms with van der Waals surface area (Å²) in [5.41, 5.74) is -0.180. The van der Waals surface area contributed by atoms with Crippen molar-refractivity contribution in [3.8, 4) is 0 Å². The summed E-state index contributed by atoms with van der Waals surface area (Å²) < 4.78 is 27.7. The summed E-state index contributed by atoms with van der Waals surface area (Å²) >= 11 is 3.03. The van der Waals surface area contributed by atoms with E-state index in [-0.39, 0.29) is 11.5 Å². The van der Waals surface area contributed by atoms with E-state index in [2.05, 4.69) is 15.9 Å². The van der Waals surface area contributed by atoms with Crippen LogP contribution in [0, 0.1) is 17.6 Å². The van der Waals surface area contributed by atoms with Gasteiger partial charge in [0.05, 0.1) is 11.7 Å². The molecule has 1 aliphatic rings. The van der Waals surface area contributed by atoms with Gasteiger partial charge < -0.3 is 5.11 Å². The van der Waals surface area contributed by atoms with Gasteiger partial charge >= 0.3 is 0 Å². The lowest BCUT2D eigenvalue weighted by molar-refractivity contribution is 0.0781. The van der Waals surface area contributed by atoms with Crippen molar-refractivity contribution in [1.82, 2.24) is 0 Å². The van der Waals surface area contributed by atoms with E-state index in [0.717, 1.165) is 32.1 Å². The van der Waals surface area contributed by atoms with Crippen LogP contribution in [0.5, 0.6) is 0 Å². The Bertz CT molecular complexity index is 379. The van der Waals surface area contributed by atoms with Crippen LogP contribution >= 0.6 is 15.9 Å².